The molecule has 1 heterocycles. The van der Waals surface area contributed by atoms with Gasteiger partial charge in [-0.1, -0.05) is 19.3 Å². The maximum atomic E-state index is 5.88. The van der Waals surface area contributed by atoms with Crippen molar-refractivity contribution in [3.63, 3.8) is 0 Å². The highest BCUT2D eigenvalue weighted by Crippen LogP contribution is 2.35. The van der Waals surface area contributed by atoms with E-state index in [9.17, 15) is 0 Å². The zero-order valence-electron chi connectivity index (χ0n) is 10.7. The van der Waals surface area contributed by atoms with Gasteiger partial charge in [0.15, 0.2) is 5.82 Å². The standard InChI is InChI=1S/C13H20IN3O/c1-2-18-11(9-6-4-3-5-7-9)13-16-8-10(14)12(15)17-13/h8-9,11H,2-7H2,1H3,(H2,15,16,17). The van der Waals surface area contributed by atoms with Crippen molar-refractivity contribution in [2.75, 3.05) is 12.3 Å². The van der Waals surface area contributed by atoms with Crippen LogP contribution in [-0.2, 0) is 4.74 Å². The van der Waals surface area contributed by atoms with Crippen molar-refractivity contribution in [3.05, 3.63) is 15.6 Å². The predicted molar refractivity (Wildman–Crippen MR) is 80.1 cm³/mol. The molecule has 1 fully saturated rings. The lowest BCUT2D eigenvalue weighted by molar-refractivity contribution is -0.000119. The molecule has 1 saturated carbocycles. The number of nitrogen functional groups attached to an aromatic ring is 1. The molecule has 0 radical (unpaired) electrons. The maximum Gasteiger partial charge on any atom is 0.159 e. The van der Waals surface area contributed by atoms with E-state index in [-0.39, 0.29) is 6.10 Å². The molecule has 2 rings (SSSR count). The van der Waals surface area contributed by atoms with Gasteiger partial charge < -0.3 is 10.5 Å². The number of anilines is 1. The third-order valence-corrected chi connectivity index (χ3v) is 4.30. The van der Waals surface area contributed by atoms with Gasteiger partial charge in [-0.2, -0.15) is 0 Å². The number of rotatable bonds is 4. The highest BCUT2D eigenvalue weighted by Gasteiger charge is 2.28. The molecule has 1 atom stereocenters. The van der Waals surface area contributed by atoms with Crippen LogP contribution < -0.4 is 5.73 Å². The Morgan fingerprint density at radius 2 is 2.17 bits per heavy atom. The van der Waals surface area contributed by atoms with Crippen molar-refractivity contribution in [1.82, 2.24) is 9.97 Å². The van der Waals surface area contributed by atoms with Crippen LogP contribution in [0.2, 0.25) is 0 Å². The van der Waals surface area contributed by atoms with Gasteiger partial charge in [0.25, 0.3) is 0 Å². The van der Waals surface area contributed by atoms with E-state index in [2.05, 4.69) is 32.6 Å². The van der Waals surface area contributed by atoms with Gasteiger partial charge in [0.1, 0.15) is 11.9 Å². The van der Waals surface area contributed by atoms with Crippen molar-refractivity contribution in [2.24, 2.45) is 5.92 Å². The monoisotopic (exact) mass is 361 g/mol. The number of halogens is 1. The Morgan fingerprint density at radius 1 is 1.44 bits per heavy atom. The zero-order chi connectivity index (χ0) is 13.0. The van der Waals surface area contributed by atoms with Crippen molar-refractivity contribution < 1.29 is 4.74 Å². The van der Waals surface area contributed by atoms with Crippen LogP contribution in [0.25, 0.3) is 0 Å². The summed E-state index contributed by atoms with van der Waals surface area (Å²) in [6, 6.07) is 0. The molecular formula is C13H20IN3O. The summed E-state index contributed by atoms with van der Waals surface area (Å²) in [6.45, 7) is 2.71. The Bertz CT molecular complexity index is 394. The van der Waals surface area contributed by atoms with E-state index in [4.69, 9.17) is 10.5 Å². The van der Waals surface area contributed by atoms with E-state index in [0.717, 1.165) is 9.39 Å². The molecule has 100 valence electrons. The van der Waals surface area contributed by atoms with Crippen LogP contribution in [0.15, 0.2) is 6.20 Å². The number of aromatic nitrogens is 2. The minimum absolute atomic E-state index is 0.00889. The summed E-state index contributed by atoms with van der Waals surface area (Å²) in [5, 5.41) is 0. The smallest absolute Gasteiger partial charge is 0.159 e. The number of nitrogens with two attached hydrogens (primary N) is 1. The molecule has 0 saturated heterocycles. The van der Waals surface area contributed by atoms with Crippen LogP contribution in [0, 0.1) is 9.49 Å². The van der Waals surface area contributed by atoms with Gasteiger partial charge in [-0.15, -0.1) is 0 Å². The van der Waals surface area contributed by atoms with E-state index in [0.29, 0.717) is 18.3 Å². The molecule has 0 spiro atoms. The van der Waals surface area contributed by atoms with E-state index in [1.165, 1.54) is 32.1 Å². The predicted octanol–water partition coefficient (Wildman–Crippen LogP) is 3.32. The molecule has 1 unspecified atom stereocenters. The van der Waals surface area contributed by atoms with E-state index in [1.807, 2.05) is 6.92 Å². The normalized spacial score (nSPS) is 18.8. The van der Waals surface area contributed by atoms with Crippen LogP contribution in [-0.4, -0.2) is 16.6 Å². The lowest BCUT2D eigenvalue weighted by Gasteiger charge is -2.29. The molecule has 2 N–H and O–H groups in total. The first kappa shape index (κ1) is 14.0. The summed E-state index contributed by atoms with van der Waals surface area (Å²) in [4.78, 5) is 8.81. The van der Waals surface area contributed by atoms with Crippen LogP contribution in [0.1, 0.15) is 51.0 Å². The number of hydrogen-bond donors (Lipinski definition) is 1. The second kappa shape index (κ2) is 6.65. The summed E-state index contributed by atoms with van der Waals surface area (Å²) in [6.07, 6.45) is 8.12. The highest BCUT2D eigenvalue weighted by molar-refractivity contribution is 14.1. The molecule has 0 aliphatic heterocycles. The molecule has 1 aliphatic carbocycles. The average molecular weight is 361 g/mol. The fourth-order valence-electron chi connectivity index (χ4n) is 2.57. The fourth-order valence-corrected chi connectivity index (χ4v) is 2.83. The largest absolute Gasteiger partial charge is 0.383 e. The van der Waals surface area contributed by atoms with Gasteiger partial charge >= 0.3 is 0 Å². The lowest BCUT2D eigenvalue weighted by atomic mass is 9.85. The van der Waals surface area contributed by atoms with Crippen molar-refractivity contribution in [3.8, 4) is 0 Å². The summed E-state index contributed by atoms with van der Waals surface area (Å²) in [5.41, 5.74) is 5.87. The SMILES string of the molecule is CCOC(c1ncc(I)c(N)n1)C1CCCCC1. The molecule has 0 amide bonds. The summed E-state index contributed by atoms with van der Waals surface area (Å²) >= 11 is 2.15. The Kier molecular flexibility index (Phi) is 5.17. The Labute approximate surface area is 122 Å². The Balaban J connectivity index is 2.19. The summed E-state index contributed by atoms with van der Waals surface area (Å²) in [7, 11) is 0. The summed E-state index contributed by atoms with van der Waals surface area (Å²) < 4.78 is 6.78. The van der Waals surface area contributed by atoms with Gasteiger partial charge in [-0.25, -0.2) is 9.97 Å². The summed E-state index contributed by atoms with van der Waals surface area (Å²) in [5.74, 6) is 1.85. The van der Waals surface area contributed by atoms with Crippen LogP contribution in [0.5, 0.6) is 0 Å². The third kappa shape index (κ3) is 3.32. The first-order valence-corrected chi connectivity index (χ1v) is 7.69. The zero-order valence-corrected chi connectivity index (χ0v) is 12.9. The third-order valence-electron chi connectivity index (χ3n) is 3.47. The number of nitrogens with zero attached hydrogens (tertiary/aromatic N) is 2. The maximum absolute atomic E-state index is 5.88. The average Bonchev–Trinajstić information content (AvgIpc) is 2.40. The van der Waals surface area contributed by atoms with E-state index < -0.39 is 0 Å². The minimum atomic E-state index is 0.00889. The molecule has 4 nitrogen and oxygen atoms in total. The molecule has 1 aliphatic rings. The Morgan fingerprint density at radius 3 is 2.78 bits per heavy atom. The lowest BCUT2D eigenvalue weighted by Crippen LogP contribution is -2.21. The molecule has 18 heavy (non-hydrogen) atoms. The van der Waals surface area contributed by atoms with Crippen molar-refractivity contribution >= 4 is 28.4 Å². The first-order valence-electron chi connectivity index (χ1n) is 6.62. The van der Waals surface area contributed by atoms with Gasteiger partial charge in [-0.05, 0) is 48.3 Å². The van der Waals surface area contributed by atoms with Gasteiger partial charge in [0.05, 0.1) is 3.57 Å². The second-order valence-corrected chi connectivity index (χ2v) is 5.90. The van der Waals surface area contributed by atoms with Gasteiger partial charge in [0.2, 0.25) is 0 Å². The van der Waals surface area contributed by atoms with Gasteiger partial charge in [0, 0.05) is 12.8 Å². The highest BCUT2D eigenvalue weighted by atomic mass is 127. The molecule has 1 aromatic rings. The number of hydrogen-bond acceptors (Lipinski definition) is 4. The molecular weight excluding hydrogens is 341 g/mol. The van der Waals surface area contributed by atoms with Crippen LogP contribution >= 0.6 is 22.6 Å². The minimum Gasteiger partial charge on any atom is -0.383 e. The van der Waals surface area contributed by atoms with E-state index >= 15 is 0 Å². The van der Waals surface area contributed by atoms with Crippen molar-refractivity contribution in [1.29, 1.82) is 0 Å². The van der Waals surface area contributed by atoms with E-state index in [1.54, 1.807) is 6.20 Å². The quantitative estimate of drug-likeness (QED) is 0.836. The fraction of sp³-hybridized carbons (Fsp3) is 0.692. The first-order chi connectivity index (χ1) is 8.72. The van der Waals surface area contributed by atoms with Crippen molar-refractivity contribution in [2.45, 2.75) is 45.1 Å². The van der Waals surface area contributed by atoms with Crippen LogP contribution in [0.3, 0.4) is 0 Å². The molecule has 0 bridgehead atoms. The second-order valence-electron chi connectivity index (χ2n) is 4.74. The topological polar surface area (TPSA) is 61.0 Å². The van der Waals surface area contributed by atoms with Crippen LogP contribution in [0.4, 0.5) is 5.82 Å². The molecule has 5 heteroatoms. The molecule has 0 aromatic carbocycles. The number of ether oxygens (including phenoxy) is 1. The Hall–Kier alpha value is -0.430. The molecule has 1 aromatic heterocycles. The van der Waals surface area contributed by atoms with Gasteiger partial charge in [-0.3, -0.25) is 0 Å².